The van der Waals surface area contributed by atoms with Crippen LogP contribution in [-0.4, -0.2) is 131 Å². The smallest absolute Gasteiger partial charge is 0.306 e. The number of hydrogen-bond acceptors (Lipinski definition) is 13. The number of alkyl halides is 1. The highest BCUT2D eigenvalue weighted by Crippen LogP contribution is 2.72. The van der Waals surface area contributed by atoms with Gasteiger partial charge >= 0.3 is 5.97 Å². The minimum Gasteiger partial charge on any atom is -0.450 e. The zero-order valence-electron chi connectivity index (χ0n) is 39.1. The first-order chi connectivity index (χ1) is 33.0. The van der Waals surface area contributed by atoms with Gasteiger partial charge in [0.25, 0.3) is 11.8 Å². The van der Waals surface area contributed by atoms with E-state index in [1.165, 1.54) is 6.08 Å². The number of aliphatic hydroxyl groups excluding tert-OH is 1. The first kappa shape index (κ1) is 54.2. The van der Waals surface area contributed by atoms with E-state index in [4.69, 9.17) is 21.1 Å². The fraction of sp³-hybridized carbons (Fsp3) is 0.542. The highest BCUT2D eigenvalue weighted by atomic mass is 79.9. The van der Waals surface area contributed by atoms with E-state index in [2.05, 4.69) is 58.4 Å². The van der Waals surface area contributed by atoms with Gasteiger partial charge in [0.1, 0.15) is 28.3 Å². The van der Waals surface area contributed by atoms with E-state index in [0.717, 1.165) is 10.5 Å². The van der Waals surface area contributed by atoms with E-state index in [0.29, 0.717) is 24.8 Å². The summed E-state index contributed by atoms with van der Waals surface area (Å²) >= 11 is 13.6. The predicted molar refractivity (Wildman–Crippen MR) is 258 cm³/mol. The topological polar surface area (TPSA) is 273 Å². The van der Waals surface area contributed by atoms with Crippen molar-refractivity contribution in [3.63, 3.8) is 0 Å². The van der Waals surface area contributed by atoms with Crippen molar-refractivity contribution < 1.29 is 62.5 Å². The summed E-state index contributed by atoms with van der Waals surface area (Å²) in [5.74, 6) is -7.13. The Hall–Kier alpha value is -5.09. The van der Waals surface area contributed by atoms with Crippen LogP contribution in [-0.2, 0) is 63.8 Å². The SMILES string of the molecule is CCC(=O)O[C@]1(C(=O)COCNC(=O)CNC(=O)[C@H](Cc2ccccc2)NC(=O)CNC(=O)CNC(=O)CCN2C(=O)C(Br)=C(Br)C2=O)[C@@H](C)C[C@H]2[C@@H]3CCC4=CC(=O)C=C[C@]4(C)[C@@]3(Cl)[C@@H](O)C[C@@]21C. The molecule has 22 heteroatoms. The van der Waals surface area contributed by atoms with E-state index in [1.54, 1.807) is 49.4 Å². The van der Waals surface area contributed by atoms with Gasteiger partial charge in [-0.25, -0.2) is 0 Å². The fourth-order valence-electron chi connectivity index (χ4n) is 11.1. The van der Waals surface area contributed by atoms with Crippen LogP contribution in [0.1, 0.15) is 71.8 Å². The van der Waals surface area contributed by atoms with E-state index >= 15 is 0 Å². The van der Waals surface area contributed by atoms with Crippen molar-refractivity contribution in [3.8, 4) is 0 Å². The van der Waals surface area contributed by atoms with E-state index in [-0.39, 0.29) is 58.8 Å². The number of ketones is 2. The number of rotatable bonds is 20. The molecule has 0 radical (unpaired) electrons. The molecule has 378 valence electrons. The third-order valence-corrected chi connectivity index (χ3v) is 17.6. The molecule has 1 heterocycles. The zero-order chi connectivity index (χ0) is 51.3. The van der Waals surface area contributed by atoms with Crippen LogP contribution in [0.25, 0.3) is 0 Å². The number of halogens is 3. The van der Waals surface area contributed by atoms with Crippen LogP contribution < -0.4 is 26.6 Å². The third kappa shape index (κ3) is 10.6. The van der Waals surface area contributed by atoms with Crippen molar-refractivity contribution in [2.75, 3.05) is 39.5 Å². The molecular formula is C48H57Br2ClN6O13. The maximum Gasteiger partial charge on any atom is 0.306 e. The molecule has 5 aliphatic rings. The van der Waals surface area contributed by atoms with Crippen molar-refractivity contribution in [1.29, 1.82) is 0 Å². The van der Waals surface area contributed by atoms with Crippen LogP contribution in [0.15, 0.2) is 63.1 Å². The number of hydrogen-bond donors (Lipinski definition) is 6. The van der Waals surface area contributed by atoms with Crippen molar-refractivity contribution >= 4 is 102 Å². The number of esters is 1. The average Bonchev–Trinajstić information content (AvgIpc) is 3.66. The van der Waals surface area contributed by atoms with Crippen LogP contribution in [0.4, 0.5) is 0 Å². The van der Waals surface area contributed by atoms with Crippen LogP contribution in [0, 0.1) is 28.6 Å². The number of imide groups is 1. The summed E-state index contributed by atoms with van der Waals surface area (Å²) in [6.45, 7) is 4.36. The fourth-order valence-corrected chi connectivity index (χ4v) is 12.4. The van der Waals surface area contributed by atoms with Gasteiger partial charge in [0.15, 0.2) is 11.4 Å². The minimum absolute atomic E-state index is 0.0112. The molecule has 0 aromatic heterocycles. The molecule has 6 rings (SSSR count). The maximum atomic E-state index is 14.5. The van der Waals surface area contributed by atoms with Gasteiger partial charge in [-0.15, -0.1) is 11.6 Å². The Balaban J connectivity index is 0.996. The van der Waals surface area contributed by atoms with Gasteiger partial charge in [-0.1, -0.05) is 69.7 Å². The Morgan fingerprint density at radius 2 is 1.51 bits per heavy atom. The maximum absolute atomic E-state index is 14.5. The summed E-state index contributed by atoms with van der Waals surface area (Å²) in [5.41, 5.74) is -2.07. The summed E-state index contributed by atoms with van der Waals surface area (Å²) in [7, 11) is 0. The molecule has 19 nitrogen and oxygen atoms in total. The number of benzene rings is 1. The Morgan fingerprint density at radius 3 is 2.19 bits per heavy atom. The van der Waals surface area contributed by atoms with Gasteiger partial charge < -0.3 is 41.2 Å². The number of aliphatic hydroxyl groups is 1. The molecule has 70 heavy (non-hydrogen) atoms. The Kier molecular flexibility index (Phi) is 17.1. The van der Waals surface area contributed by atoms with E-state index < -0.39 is 125 Å². The molecule has 0 spiro atoms. The van der Waals surface area contributed by atoms with Gasteiger partial charge in [0.2, 0.25) is 35.3 Å². The minimum atomic E-state index is -1.71. The summed E-state index contributed by atoms with van der Waals surface area (Å²) in [6, 6.07) is 7.51. The van der Waals surface area contributed by atoms with Gasteiger partial charge in [-0.3, -0.25) is 52.8 Å². The average molecular weight is 1120 g/mol. The molecule has 4 aliphatic carbocycles. The van der Waals surface area contributed by atoms with E-state index in [1.807, 2.05) is 20.8 Å². The lowest BCUT2D eigenvalue weighted by Crippen LogP contribution is -2.69. The first-order valence-electron chi connectivity index (χ1n) is 23.0. The molecule has 1 aromatic rings. The number of nitrogens with zero attached hydrogens (tertiary/aromatic N) is 1. The standard InChI is InChI=1S/C48H57Br2ClN6O13/c1-5-39(65)70-48(26(2)17-31-30-12-11-28-19-29(58)13-15-45(28,3)47(30,51)33(59)20-46(31,48)4)34(60)24-69-25-55-37(63)22-54-42(66)32(18-27-9-7-6-8-10-27)56-38(64)23-53-36(62)21-52-35(61)14-16-57-43(67)40(49)41(50)44(57)68/h6-10,13,15,19,26,30-33,59H,5,11-12,14,16-18,20-25H2,1-4H3,(H,52,61)(H,53,62)(H,54,66)(H,55,63)(H,56,64)/t26-,30-,31-,32-,33-,45-,46-,47-,48-/m0/s1. The van der Waals surface area contributed by atoms with E-state index in [9.17, 15) is 53.1 Å². The normalized spacial score (nSPS) is 29.2. The second-order valence-corrected chi connectivity index (χ2v) is 20.9. The third-order valence-electron chi connectivity index (χ3n) is 14.6. The molecule has 9 atom stereocenters. The predicted octanol–water partition coefficient (Wildman–Crippen LogP) is 2.06. The zero-order valence-corrected chi connectivity index (χ0v) is 43.1. The lowest BCUT2D eigenvalue weighted by atomic mass is 9.45. The molecule has 1 aromatic carbocycles. The van der Waals surface area contributed by atoms with Crippen molar-refractivity contribution in [2.24, 2.45) is 28.6 Å². The number of nitrogens with one attached hydrogen (secondary N) is 5. The largest absolute Gasteiger partial charge is 0.450 e. The Morgan fingerprint density at radius 1 is 0.886 bits per heavy atom. The molecule has 3 saturated carbocycles. The number of carbonyl (C=O) groups excluding carboxylic acids is 10. The Labute approximate surface area is 426 Å². The molecular weight excluding hydrogens is 1060 g/mol. The second-order valence-electron chi connectivity index (χ2n) is 18.7. The molecule has 0 unspecified atom stereocenters. The van der Waals surface area contributed by atoms with Crippen molar-refractivity contribution in [1.82, 2.24) is 31.5 Å². The highest BCUT2D eigenvalue weighted by Gasteiger charge is 2.76. The van der Waals surface area contributed by atoms with Crippen LogP contribution in [0.2, 0.25) is 0 Å². The van der Waals surface area contributed by atoms with Crippen molar-refractivity contribution in [3.05, 3.63) is 68.7 Å². The molecule has 3 fully saturated rings. The van der Waals surface area contributed by atoms with Gasteiger partial charge in [0, 0.05) is 42.6 Å². The van der Waals surface area contributed by atoms with Gasteiger partial charge in [-0.2, -0.15) is 0 Å². The highest BCUT2D eigenvalue weighted by molar-refractivity contribution is 9.14. The summed E-state index contributed by atoms with van der Waals surface area (Å²) < 4.78 is 12.0. The van der Waals surface area contributed by atoms with Crippen molar-refractivity contribution in [2.45, 2.75) is 95.3 Å². The monoisotopic (exact) mass is 1120 g/mol. The number of amides is 7. The van der Waals surface area contributed by atoms with Gasteiger partial charge in [-0.05, 0) is 87.1 Å². The molecule has 1 aliphatic heterocycles. The summed E-state index contributed by atoms with van der Waals surface area (Å²) in [6.07, 6.45) is 5.04. The molecule has 6 N–H and O–H groups in total. The molecule has 7 amide bonds. The number of carbonyl (C=O) groups is 10. The lowest BCUT2D eigenvalue weighted by Gasteiger charge is -2.64. The second kappa shape index (κ2) is 22.1. The van der Waals surface area contributed by atoms with Crippen LogP contribution in [0.3, 0.4) is 0 Å². The summed E-state index contributed by atoms with van der Waals surface area (Å²) in [4.78, 5) is 128. The number of allylic oxidation sites excluding steroid dienone is 4. The quantitative estimate of drug-likeness (QED) is 0.0360. The molecule has 0 saturated heterocycles. The summed E-state index contributed by atoms with van der Waals surface area (Å²) in [5, 5.41) is 24.3. The molecule has 0 bridgehead atoms. The lowest BCUT2D eigenvalue weighted by molar-refractivity contribution is -0.203. The first-order valence-corrected chi connectivity index (χ1v) is 25.0. The number of fused-ring (bicyclic) bond motifs is 5. The van der Waals surface area contributed by atoms with Crippen LogP contribution in [0.5, 0.6) is 0 Å². The number of ether oxygens (including phenoxy) is 2. The number of Topliss-reactive ketones (excluding diaryl/α,β-unsaturated/α-hetero) is 1. The Bertz CT molecular complexity index is 2410. The van der Waals surface area contributed by atoms with Crippen LogP contribution >= 0.6 is 43.5 Å². The van der Waals surface area contributed by atoms with Gasteiger partial charge in [0.05, 0.1) is 30.6 Å².